The number of benzene rings is 1. The molecular weight excluding hydrogens is 394 g/mol. The van der Waals surface area contributed by atoms with Crippen LogP contribution in [0.2, 0.25) is 0 Å². The Morgan fingerprint density at radius 3 is 2.60 bits per heavy atom. The van der Waals surface area contributed by atoms with E-state index in [1.54, 1.807) is 24.3 Å². The van der Waals surface area contributed by atoms with Crippen molar-refractivity contribution < 1.29 is 33.8 Å². The van der Waals surface area contributed by atoms with Gasteiger partial charge in [-0.2, -0.15) is 0 Å². The molecule has 0 bridgehead atoms. The summed E-state index contributed by atoms with van der Waals surface area (Å²) in [5, 5.41) is 14.6. The second kappa shape index (κ2) is 11.8. The van der Waals surface area contributed by atoms with Gasteiger partial charge in [0.1, 0.15) is 25.4 Å². The van der Waals surface area contributed by atoms with Gasteiger partial charge in [-0.1, -0.05) is 43.7 Å². The van der Waals surface area contributed by atoms with Gasteiger partial charge in [0.05, 0.1) is 0 Å². The molecule has 3 N–H and O–H groups in total. The molecule has 10 nitrogen and oxygen atoms in total. The first-order valence-electron chi connectivity index (χ1n) is 9.85. The first kappa shape index (κ1) is 23.1. The molecule has 1 saturated heterocycles. The van der Waals surface area contributed by atoms with Crippen LogP contribution < -0.4 is 10.6 Å². The Morgan fingerprint density at radius 2 is 2.00 bits per heavy atom. The number of esters is 1. The van der Waals surface area contributed by atoms with Crippen LogP contribution in [0.25, 0.3) is 0 Å². The topological polar surface area (TPSA) is 134 Å². The third-order valence-corrected chi connectivity index (χ3v) is 4.51. The van der Waals surface area contributed by atoms with Crippen molar-refractivity contribution in [1.29, 1.82) is 0 Å². The van der Waals surface area contributed by atoms with Crippen LogP contribution in [0.1, 0.15) is 38.2 Å². The summed E-state index contributed by atoms with van der Waals surface area (Å²) in [6.07, 6.45) is -0.856. The van der Waals surface area contributed by atoms with E-state index >= 15 is 0 Å². The van der Waals surface area contributed by atoms with Gasteiger partial charge in [-0.3, -0.25) is 9.69 Å². The fourth-order valence-electron chi connectivity index (χ4n) is 3.03. The number of carbonyl (C=O) groups excluding carboxylic acids is 3. The van der Waals surface area contributed by atoms with Crippen molar-refractivity contribution in [2.75, 3.05) is 13.1 Å². The number of ether oxygens (including phenoxy) is 2. The standard InChI is InChI=1S/C20H27N3O7/c1-2-7-16(22-19(27)29-13-14-8-4-3-5-9-14)23(12-17(24)25)20(28)30-18(26)15-10-6-11-21-15/h3-5,8-9,15-16,21H,2,6-7,10-13H2,1H3,(H,22,27)(H,24,25)/t15-,16?/m0/s1. The average molecular weight is 421 g/mol. The Kier molecular flexibility index (Phi) is 9.07. The number of hydrogen-bond donors (Lipinski definition) is 3. The van der Waals surface area contributed by atoms with Gasteiger partial charge < -0.3 is 25.2 Å². The summed E-state index contributed by atoms with van der Waals surface area (Å²) in [5.41, 5.74) is 0.774. The maximum Gasteiger partial charge on any atom is 0.419 e. The first-order chi connectivity index (χ1) is 14.4. The number of carboxylic acid groups (broad SMARTS) is 1. The summed E-state index contributed by atoms with van der Waals surface area (Å²) in [6, 6.07) is 8.41. The molecule has 1 aromatic rings. The molecule has 0 aromatic heterocycles. The molecule has 10 heteroatoms. The maximum absolute atomic E-state index is 12.5. The van der Waals surface area contributed by atoms with Crippen molar-refractivity contribution in [3.05, 3.63) is 35.9 Å². The van der Waals surface area contributed by atoms with Gasteiger partial charge in [-0.05, 0) is 31.4 Å². The van der Waals surface area contributed by atoms with Crippen LogP contribution in [0.3, 0.4) is 0 Å². The molecule has 2 amide bonds. The second-order valence-corrected chi connectivity index (χ2v) is 6.87. The monoisotopic (exact) mass is 421 g/mol. The summed E-state index contributed by atoms with van der Waals surface area (Å²) in [6.45, 7) is 1.72. The largest absolute Gasteiger partial charge is 0.480 e. The van der Waals surface area contributed by atoms with Crippen molar-refractivity contribution >= 4 is 24.1 Å². The highest BCUT2D eigenvalue weighted by Gasteiger charge is 2.32. The molecule has 2 atom stereocenters. The maximum atomic E-state index is 12.5. The quantitative estimate of drug-likeness (QED) is 0.312. The zero-order valence-electron chi connectivity index (χ0n) is 16.8. The van der Waals surface area contributed by atoms with Gasteiger partial charge in [0.2, 0.25) is 0 Å². The van der Waals surface area contributed by atoms with Gasteiger partial charge in [0.15, 0.2) is 0 Å². The summed E-state index contributed by atoms with van der Waals surface area (Å²) >= 11 is 0. The Hall–Kier alpha value is -3.14. The van der Waals surface area contributed by atoms with E-state index in [1.807, 2.05) is 13.0 Å². The van der Waals surface area contributed by atoms with E-state index < -0.39 is 42.9 Å². The van der Waals surface area contributed by atoms with E-state index in [-0.39, 0.29) is 13.0 Å². The summed E-state index contributed by atoms with van der Waals surface area (Å²) in [7, 11) is 0. The molecule has 1 aliphatic rings. The SMILES string of the molecule is CCCC(NC(=O)OCc1ccccc1)N(CC(=O)O)C(=O)OC(=O)[C@@H]1CCCN1. The third-order valence-electron chi connectivity index (χ3n) is 4.51. The van der Waals surface area contributed by atoms with Crippen molar-refractivity contribution in [2.45, 2.75) is 51.4 Å². The summed E-state index contributed by atoms with van der Waals surface area (Å²) in [5.74, 6) is -2.08. The lowest BCUT2D eigenvalue weighted by atomic mass is 10.2. The molecule has 0 radical (unpaired) electrons. The van der Waals surface area contributed by atoms with Gasteiger partial charge >= 0.3 is 24.1 Å². The average Bonchev–Trinajstić information content (AvgIpc) is 3.26. The highest BCUT2D eigenvalue weighted by molar-refractivity contribution is 5.89. The summed E-state index contributed by atoms with van der Waals surface area (Å²) < 4.78 is 10.0. The number of carbonyl (C=O) groups is 4. The normalized spacial score (nSPS) is 16.4. The van der Waals surface area contributed by atoms with Gasteiger partial charge in [-0.25, -0.2) is 14.4 Å². The second-order valence-electron chi connectivity index (χ2n) is 6.87. The molecule has 1 aromatic carbocycles. The zero-order valence-corrected chi connectivity index (χ0v) is 16.8. The predicted octanol–water partition coefficient (Wildman–Crippen LogP) is 1.84. The van der Waals surface area contributed by atoms with Crippen LogP contribution in [0.4, 0.5) is 9.59 Å². The Morgan fingerprint density at radius 1 is 1.27 bits per heavy atom. The van der Waals surface area contributed by atoms with E-state index in [2.05, 4.69) is 10.6 Å². The molecule has 164 valence electrons. The highest BCUT2D eigenvalue weighted by Crippen LogP contribution is 2.11. The Balaban J connectivity index is 2.01. The van der Waals surface area contributed by atoms with E-state index in [4.69, 9.17) is 9.47 Å². The molecule has 1 unspecified atom stereocenters. The number of nitrogens with zero attached hydrogens (tertiary/aromatic N) is 1. The molecular formula is C20H27N3O7. The molecule has 0 spiro atoms. The minimum absolute atomic E-state index is 0.0146. The fourth-order valence-corrected chi connectivity index (χ4v) is 3.03. The fraction of sp³-hybridized carbons (Fsp3) is 0.500. The zero-order chi connectivity index (χ0) is 21.9. The van der Waals surface area contributed by atoms with Crippen molar-refractivity contribution in [3.8, 4) is 0 Å². The van der Waals surface area contributed by atoms with Crippen LogP contribution in [-0.4, -0.2) is 59.4 Å². The lowest BCUT2D eigenvalue weighted by Crippen LogP contribution is -2.53. The van der Waals surface area contributed by atoms with E-state index in [0.29, 0.717) is 19.4 Å². The number of hydrogen-bond acceptors (Lipinski definition) is 7. The molecule has 30 heavy (non-hydrogen) atoms. The molecule has 1 aliphatic heterocycles. The Bertz CT molecular complexity index is 735. The Labute approximate surface area is 174 Å². The van der Waals surface area contributed by atoms with E-state index in [0.717, 1.165) is 16.9 Å². The van der Waals surface area contributed by atoms with Crippen LogP contribution in [0.5, 0.6) is 0 Å². The number of aliphatic carboxylic acids is 1. The predicted molar refractivity (Wildman–Crippen MR) is 105 cm³/mol. The van der Waals surface area contributed by atoms with Crippen LogP contribution in [-0.2, 0) is 25.7 Å². The number of amides is 2. The van der Waals surface area contributed by atoms with E-state index in [1.165, 1.54) is 0 Å². The van der Waals surface area contributed by atoms with Gasteiger partial charge in [0.25, 0.3) is 0 Å². The third kappa shape index (κ3) is 7.36. The van der Waals surface area contributed by atoms with Gasteiger partial charge in [0, 0.05) is 0 Å². The highest BCUT2D eigenvalue weighted by atomic mass is 16.6. The number of carboxylic acids is 1. The molecule has 0 aliphatic carbocycles. The molecule has 1 fully saturated rings. The van der Waals surface area contributed by atoms with E-state index in [9.17, 15) is 24.3 Å². The minimum Gasteiger partial charge on any atom is -0.480 e. The van der Waals surface area contributed by atoms with Crippen LogP contribution in [0.15, 0.2) is 30.3 Å². The number of nitrogens with one attached hydrogen (secondary N) is 2. The van der Waals surface area contributed by atoms with Crippen molar-refractivity contribution in [1.82, 2.24) is 15.5 Å². The lowest BCUT2D eigenvalue weighted by Gasteiger charge is -2.29. The first-order valence-corrected chi connectivity index (χ1v) is 9.85. The number of alkyl carbamates (subject to hydrolysis) is 1. The smallest absolute Gasteiger partial charge is 0.419 e. The molecule has 1 heterocycles. The van der Waals surface area contributed by atoms with Crippen molar-refractivity contribution in [3.63, 3.8) is 0 Å². The van der Waals surface area contributed by atoms with Crippen LogP contribution in [0, 0.1) is 0 Å². The molecule has 2 rings (SSSR count). The minimum atomic E-state index is -1.31. The lowest BCUT2D eigenvalue weighted by molar-refractivity contribution is -0.144. The summed E-state index contributed by atoms with van der Waals surface area (Å²) in [4.78, 5) is 48.9. The van der Waals surface area contributed by atoms with Gasteiger partial charge in [-0.15, -0.1) is 0 Å². The van der Waals surface area contributed by atoms with Crippen LogP contribution >= 0.6 is 0 Å². The number of rotatable bonds is 9. The van der Waals surface area contributed by atoms with Crippen molar-refractivity contribution in [2.24, 2.45) is 0 Å². The molecule has 0 saturated carbocycles.